The second kappa shape index (κ2) is 8.69. The number of carbonyl (C=O) groups excluding carboxylic acids is 2. The first-order valence-electron chi connectivity index (χ1n) is 10.6. The molecule has 0 bridgehead atoms. The number of halogens is 1. The molecule has 1 N–H and O–H groups in total. The number of aromatic nitrogens is 1. The molecule has 0 aliphatic carbocycles. The number of hydrogen-bond acceptors (Lipinski definition) is 6. The number of carbonyl (C=O) groups is 2. The molecule has 1 fully saturated rings. The quantitative estimate of drug-likeness (QED) is 0.591. The highest BCUT2D eigenvalue weighted by Crippen LogP contribution is 2.33. The number of nitrogens with one attached hydrogen (secondary N) is 1. The zero-order valence-corrected chi connectivity index (χ0v) is 19.2. The van der Waals surface area contributed by atoms with Gasteiger partial charge in [0.1, 0.15) is 6.61 Å². The Morgan fingerprint density at radius 3 is 2.88 bits per heavy atom. The van der Waals surface area contributed by atoms with Gasteiger partial charge in [0.05, 0.1) is 27.5 Å². The molecule has 3 aromatic rings. The van der Waals surface area contributed by atoms with Gasteiger partial charge in [-0.05, 0) is 56.2 Å². The summed E-state index contributed by atoms with van der Waals surface area (Å²) in [5, 5.41) is 4.62. The average Bonchev–Trinajstić information content (AvgIpc) is 3.14. The molecule has 1 saturated heterocycles. The van der Waals surface area contributed by atoms with Gasteiger partial charge in [0.2, 0.25) is 5.91 Å². The number of anilines is 2. The van der Waals surface area contributed by atoms with Crippen LogP contribution >= 0.6 is 22.9 Å². The van der Waals surface area contributed by atoms with Crippen molar-refractivity contribution in [2.24, 2.45) is 0 Å². The van der Waals surface area contributed by atoms with Crippen LogP contribution in [-0.4, -0.2) is 47.6 Å². The Morgan fingerprint density at radius 2 is 2.06 bits per heavy atom. The number of hydrogen-bond donors (Lipinski definition) is 1. The first-order chi connectivity index (χ1) is 15.5. The van der Waals surface area contributed by atoms with Gasteiger partial charge in [-0.1, -0.05) is 11.6 Å². The number of piperidine rings is 1. The predicted octanol–water partition coefficient (Wildman–Crippen LogP) is 4.82. The summed E-state index contributed by atoms with van der Waals surface area (Å²) < 4.78 is 6.47. The van der Waals surface area contributed by atoms with Crippen molar-refractivity contribution in [3.63, 3.8) is 0 Å². The number of nitrogens with zero attached hydrogens (tertiary/aromatic N) is 3. The minimum absolute atomic E-state index is 0.0392. The second-order valence-electron chi connectivity index (χ2n) is 8.17. The Kier molecular flexibility index (Phi) is 5.75. The molecule has 1 aromatic heterocycles. The van der Waals surface area contributed by atoms with E-state index < -0.39 is 0 Å². The van der Waals surface area contributed by atoms with Crippen LogP contribution in [0.15, 0.2) is 36.4 Å². The minimum Gasteiger partial charge on any atom is -0.444 e. The largest absolute Gasteiger partial charge is 0.444 e. The summed E-state index contributed by atoms with van der Waals surface area (Å²) in [5.41, 5.74) is 3.45. The summed E-state index contributed by atoms with van der Waals surface area (Å²) in [6.07, 6.45) is 1.23. The van der Waals surface area contributed by atoms with Crippen molar-refractivity contribution in [2.45, 2.75) is 32.4 Å². The Labute approximate surface area is 194 Å². The summed E-state index contributed by atoms with van der Waals surface area (Å²) in [6, 6.07) is 11.4. The third kappa shape index (κ3) is 4.30. The highest BCUT2D eigenvalue weighted by atomic mass is 35.5. The highest BCUT2D eigenvalue weighted by molar-refractivity contribution is 7.18. The molecule has 2 aliphatic rings. The number of likely N-dealkylation sites (tertiary alicyclic amines) is 1. The molecular weight excluding hydrogens is 448 g/mol. The lowest BCUT2D eigenvalue weighted by Crippen LogP contribution is -2.50. The van der Waals surface area contributed by atoms with Gasteiger partial charge in [0.15, 0.2) is 0 Å². The standard InChI is InChI=1S/C23H23ClN4O3S/c1-14-25-19-11-17(3-5-21(19)32-14)26-22(29)12-27-8-6-18(7-9-27)28-20-4-2-16(24)10-15(20)13-31-23(28)30/h2-5,10-11,18H,6-9,12-13H2,1H3,(H,26,29). The van der Waals surface area contributed by atoms with E-state index in [-0.39, 0.29) is 24.6 Å². The van der Waals surface area contributed by atoms with Crippen molar-refractivity contribution in [3.05, 3.63) is 52.0 Å². The van der Waals surface area contributed by atoms with Crippen LogP contribution in [0.5, 0.6) is 0 Å². The fraction of sp³-hybridized carbons (Fsp3) is 0.348. The van der Waals surface area contributed by atoms with Crippen LogP contribution in [0.2, 0.25) is 5.02 Å². The Hall–Kier alpha value is -2.68. The smallest absolute Gasteiger partial charge is 0.414 e. The average molecular weight is 471 g/mol. The van der Waals surface area contributed by atoms with E-state index in [2.05, 4.69) is 15.2 Å². The number of thiazole rings is 1. The Balaban J connectivity index is 1.18. The first-order valence-corrected chi connectivity index (χ1v) is 11.8. The fourth-order valence-corrected chi connectivity index (χ4v) is 5.42. The molecule has 5 rings (SSSR count). The van der Waals surface area contributed by atoms with Gasteiger partial charge in [-0.15, -0.1) is 11.3 Å². The van der Waals surface area contributed by atoms with Gasteiger partial charge >= 0.3 is 6.09 Å². The van der Waals surface area contributed by atoms with Crippen molar-refractivity contribution in [1.82, 2.24) is 9.88 Å². The molecule has 3 heterocycles. The van der Waals surface area contributed by atoms with Gasteiger partial charge in [0, 0.05) is 35.4 Å². The maximum absolute atomic E-state index is 12.6. The van der Waals surface area contributed by atoms with Gasteiger partial charge < -0.3 is 10.1 Å². The molecule has 0 unspecified atom stereocenters. The number of amides is 2. The Morgan fingerprint density at radius 1 is 1.25 bits per heavy atom. The molecular formula is C23H23ClN4O3S. The summed E-state index contributed by atoms with van der Waals surface area (Å²) in [4.78, 5) is 33.4. The van der Waals surface area contributed by atoms with Gasteiger partial charge in [-0.3, -0.25) is 14.6 Å². The number of rotatable bonds is 4. The third-order valence-electron chi connectivity index (χ3n) is 5.92. The number of fused-ring (bicyclic) bond motifs is 2. The molecule has 7 nitrogen and oxygen atoms in total. The summed E-state index contributed by atoms with van der Waals surface area (Å²) >= 11 is 7.74. The van der Waals surface area contributed by atoms with E-state index >= 15 is 0 Å². The van der Waals surface area contributed by atoms with E-state index in [1.54, 1.807) is 22.3 Å². The lowest BCUT2D eigenvalue weighted by atomic mass is 10.0. The monoisotopic (exact) mass is 470 g/mol. The van der Waals surface area contributed by atoms with Crippen LogP contribution in [0, 0.1) is 6.92 Å². The maximum Gasteiger partial charge on any atom is 0.414 e. The van der Waals surface area contributed by atoms with Crippen LogP contribution in [0.25, 0.3) is 10.2 Å². The predicted molar refractivity (Wildman–Crippen MR) is 127 cm³/mol. The molecule has 2 aromatic carbocycles. The number of ether oxygens (including phenoxy) is 1. The van der Waals surface area contributed by atoms with E-state index in [0.29, 0.717) is 11.6 Å². The zero-order chi connectivity index (χ0) is 22.2. The molecule has 166 valence electrons. The number of cyclic esters (lactones) is 1. The fourth-order valence-electron chi connectivity index (χ4n) is 4.42. The molecule has 0 spiro atoms. The number of benzene rings is 2. The van der Waals surface area contributed by atoms with E-state index in [9.17, 15) is 9.59 Å². The van der Waals surface area contributed by atoms with Crippen molar-refractivity contribution in [3.8, 4) is 0 Å². The van der Waals surface area contributed by atoms with Crippen LogP contribution < -0.4 is 10.2 Å². The topological polar surface area (TPSA) is 74.8 Å². The minimum atomic E-state index is -0.316. The van der Waals surface area contributed by atoms with Crippen LogP contribution in [0.4, 0.5) is 16.2 Å². The number of aryl methyl sites for hydroxylation is 1. The van der Waals surface area contributed by atoms with Crippen LogP contribution in [-0.2, 0) is 16.1 Å². The maximum atomic E-state index is 12.6. The summed E-state index contributed by atoms with van der Waals surface area (Å²) in [6.45, 7) is 4.00. The SMILES string of the molecule is Cc1nc2cc(NC(=O)CN3CCC(N4C(=O)OCc5cc(Cl)ccc54)CC3)ccc2s1. The molecule has 9 heteroatoms. The molecule has 32 heavy (non-hydrogen) atoms. The molecule has 2 aliphatic heterocycles. The highest BCUT2D eigenvalue weighted by Gasteiger charge is 2.34. The lowest BCUT2D eigenvalue weighted by Gasteiger charge is -2.40. The summed E-state index contributed by atoms with van der Waals surface area (Å²) in [7, 11) is 0. The second-order valence-corrected chi connectivity index (χ2v) is 9.84. The van der Waals surface area contributed by atoms with E-state index in [0.717, 1.165) is 58.1 Å². The summed E-state index contributed by atoms with van der Waals surface area (Å²) in [5.74, 6) is -0.0490. The van der Waals surface area contributed by atoms with E-state index in [1.165, 1.54) is 0 Å². The molecule has 2 amide bonds. The van der Waals surface area contributed by atoms with Crippen molar-refractivity contribution in [1.29, 1.82) is 0 Å². The van der Waals surface area contributed by atoms with Crippen molar-refractivity contribution >= 4 is 56.5 Å². The first kappa shape index (κ1) is 21.2. The molecule has 0 saturated carbocycles. The zero-order valence-electron chi connectivity index (χ0n) is 17.6. The van der Waals surface area contributed by atoms with Gasteiger partial charge in [-0.25, -0.2) is 9.78 Å². The lowest BCUT2D eigenvalue weighted by molar-refractivity contribution is -0.117. The van der Waals surface area contributed by atoms with Crippen molar-refractivity contribution in [2.75, 3.05) is 29.9 Å². The third-order valence-corrected chi connectivity index (χ3v) is 7.10. The van der Waals surface area contributed by atoms with E-state index in [4.69, 9.17) is 16.3 Å². The Bertz CT molecular complexity index is 1190. The van der Waals surface area contributed by atoms with E-state index in [1.807, 2.05) is 37.3 Å². The van der Waals surface area contributed by atoms with Crippen LogP contribution in [0.3, 0.4) is 0 Å². The van der Waals surface area contributed by atoms with Crippen LogP contribution in [0.1, 0.15) is 23.4 Å². The molecule has 0 radical (unpaired) electrons. The van der Waals surface area contributed by atoms with Gasteiger partial charge in [-0.2, -0.15) is 0 Å². The van der Waals surface area contributed by atoms with Crippen molar-refractivity contribution < 1.29 is 14.3 Å². The normalized spacial score (nSPS) is 17.3. The van der Waals surface area contributed by atoms with Gasteiger partial charge in [0.25, 0.3) is 0 Å². The molecule has 0 atom stereocenters.